The highest BCUT2D eigenvalue weighted by Gasteiger charge is 2.30. The molecule has 1 saturated heterocycles. The highest BCUT2D eigenvalue weighted by Crippen LogP contribution is 2.37. The van der Waals surface area contributed by atoms with Crippen LogP contribution in [0.1, 0.15) is 43.7 Å². The third kappa shape index (κ3) is 5.01. The number of rotatable bonds is 6. The van der Waals surface area contributed by atoms with Crippen molar-refractivity contribution in [2.24, 2.45) is 11.7 Å². The fraction of sp³-hybridized carbons (Fsp3) is 0.458. The van der Waals surface area contributed by atoms with E-state index in [0.717, 1.165) is 12.1 Å². The number of carbonyl (C=O) groups excluding carboxylic acids is 1. The number of carbonyl (C=O) groups is 1. The van der Waals surface area contributed by atoms with Crippen molar-refractivity contribution in [1.29, 1.82) is 5.26 Å². The van der Waals surface area contributed by atoms with Gasteiger partial charge in [0.25, 0.3) is 0 Å². The molecule has 37 heavy (non-hydrogen) atoms. The number of halogens is 3. The molecule has 2 aliphatic rings. The van der Waals surface area contributed by atoms with Crippen molar-refractivity contribution in [1.82, 2.24) is 19.5 Å². The Morgan fingerprint density at radius 1 is 1.16 bits per heavy atom. The highest BCUT2D eigenvalue weighted by molar-refractivity contribution is 5.78. The minimum Gasteiger partial charge on any atom is -0.378 e. The van der Waals surface area contributed by atoms with Gasteiger partial charge in [0, 0.05) is 18.6 Å². The lowest BCUT2D eigenvalue weighted by Gasteiger charge is -2.29. The van der Waals surface area contributed by atoms with Crippen LogP contribution in [0.3, 0.4) is 0 Å². The third-order valence-corrected chi connectivity index (χ3v) is 6.91. The number of aromatic nitrogens is 4. The summed E-state index contributed by atoms with van der Waals surface area (Å²) in [6.07, 6.45) is 2.89. The average molecular weight is 515 g/mol. The van der Waals surface area contributed by atoms with Crippen LogP contribution in [0.5, 0.6) is 0 Å². The summed E-state index contributed by atoms with van der Waals surface area (Å²) in [6, 6.07) is 2.85. The van der Waals surface area contributed by atoms with Gasteiger partial charge < -0.3 is 21.1 Å². The second-order valence-corrected chi connectivity index (χ2v) is 9.30. The van der Waals surface area contributed by atoms with Crippen molar-refractivity contribution in [3.63, 3.8) is 0 Å². The lowest BCUT2D eigenvalue weighted by atomic mass is 9.85. The van der Waals surface area contributed by atoms with Crippen LogP contribution in [0.15, 0.2) is 18.3 Å². The number of amides is 1. The Morgan fingerprint density at radius 3 is 2.54 bits per heavy atom. The first-order valence-corrected chi connectivity index (χ1v) is 12.0. The summed E-state index contributed by atoms with van der Waals surface area (Å²) in [5, 5.41) is 14.7. The van der Waals surface area contributed by atoms with Crippen molar-refractivity contribution < 1.29 is 22.7 Å². The van der Waals surface area contributed by atoms with Gasteiger partial charge in [-0.2, -0.15) is 10.2 Å². The number of hydrogen-bond acceptors (Lipinski definition) is 8. The van der Waals surface area contributed by atoms with Gasteiger partial charge in [-0.3, -0.25) is 9.36 Å². The van der Waals surface area contributed by atoms with E-state index >= 15 is 0 Å². The number of benzene rings is 1. The molecule has 1 aromatic carbocycles. The lowest BCUT2D eigenvalue weighted by molar-refractivity contribution is -0.122. The Hall–Kier alpha value is -3.92. The molecule has 10 nitrogen and oxygen atoms in total. The molecule has 0 unspecified atom stereocenters. The van der Waals surface area contributed by atoms with Crippen LogP contribution in [0.2, 0.25) is 0 Å². The largest absolute Gasteiger partial charge is 0.378 e. The van der Waals surface area contributed by atoms with Crippen LogP contribution in [0, 0.1) is 28.9 Å². The first kappa shape index (κ1) is 24.8. The van der Waals surface area contributed by atoms with E-state index in [4.69, 9.17) is 15.7 Å². The molecule has 0 spiro atoms. The number of primary amides is 1. The number of imidazole rings is 1. The Bertz CT molecular complexity index is 1340. The summed E-state index contributed by atoms with van der Waals surface area (Å²) in [5.74, 6) is -2.20. The average Bonchev–Trinajstić information content (AvgIpc) is 3.24. The molecule has 4 N–H and O–H groups in total. The van der Waals surface area contributed by atoms with Gasteiger partial charge in [0.05, 0.1) is 30.5 Å². The molecule has 5 rings (SSSR count). The molecule has 3 heterocycles. The molecule has 2 atom stereocenters. The molecule has 0 bridgehead atoms. The molecule has 2 fully saturated rings. The minimum absolute atomic E-state index is 0.0171. The number of anilines is 3. The number of nitrogens with one attached hydrogen (secondary N) is 2. The first-order valence-electron chi connectivity index (χ1n) is 12.0. The zero-order valence-electron chi connectivity index (χ0n) is 19.8. The Morgan fingerprint density at radius 2 is 1.89 bits per heavy atom. The number of alkyl halides is 1. The molecule has 0 radical (unpaired) electrons. The Labute approximate surface area is 210 Å². The molecular formula is C24H25F3N8O2. The van der Waals surface area contributed by atoms with E-state index in [1.54, 1.807) is 10.6 Å². The molecular weight excluding hydrogens is 489 g/mol. The van der Waals surface area contributed by atoms with Crippen molar-refractivity contribution in [2.75, 3.05) is 23.8 Å². The fourth-order valence-electron chi connectivity index (χ4n) is 4.91. The predicted octanol–water partition coefficient (Wildman–Crippen LogP) is 3.48. The van der Waals surface area contributed by atoms with Crippen LogP contribution in [0.4, 0.5) is 30.8 Å². The van der Waals surface area contributed by atoms with Gasteiger partial charge in [0.2, 0.25) is 17.8 Å². The van der Waals surface area contributed by atoms with Gasteiger partial charge in [-0.1, -0.05) is 0 Å². The number of nitrogens with zero attached hydrogens (tertiary/aromatic N) is 5. The maximum atomic E-state index is 14.7. The molecule has 3 aromatic rings. The van der Waals surface area contributed by atoms with Crippen LogP contribution in [-0.4, -0.2) is 50.9 Å². The minimum atomic E-state index is -1.22. The Kier molecular flexibility index (Phi) is 6.84. The van der Waals surface area contributed by atoms with Crippen molar-refractivity contribution >= 4 is 34.7 Å². The molecule has 1 aliphatic heterocycles. The predicted molar refractivity (Wildman–Crippen MR) is 128 cm³/mol. The summed E-state index contributed by atoms with van der Waals surface area (Å²) in [6.45, 7) is 0.397. The smallest absolute Gasteiger partial charge is 0.225 e. The number of fused-ring (bicyclic) bond motifs is 1. The second-order valence-electron chi connectivity index (χ2n) is 9.30. The van der Waals surface area contributed by atoms with Crippen molar-refractivity contribution in [2.45, 2.75) is 50.4 Å². The van der Waals surface area contributed by atoms with E-state index in [1.165, 1.54) is 6.20 Å². The van der Waals surface area contributed by atoms with Gasteiger partial charge in [-0.25, -0.2) is 23.1 Å². The number of nitriles is 1. The highest BCUT2D eigenvalue weighted by atomic mass is 19.1. The zero-order valence-corrected chi connectivity index (χ0v) is 19.8. The maximum Gasteiger partial charge on any atom is 0.225 e. The molecule has 1 saturated carbocycles. The third-order valence-electron chi connectivity index (χ3n) is 6.91. The van der Waals surface area contributed by atoms with Gasteiger partial charge in [-0.15, -0.1) is 0 Å². The van der Waals surface area contributed by atoms with Gasteiger partial charge in [0.1, 0.15) is 17.4 Å². The van der Waals surface area contributed by atoms with Crippen molar-refractivity contribution in [3.05, 3.63) is 35.5 Å². The summed E-state index contributed by atoms with van der Waals surface area (Å²) >= 11 is 0. The molecule has 1 aliphatic carbocycles. The summed E-state index contributed by atoms with van der Waals surface area (Å²) in [4.78, 5) is 25.0. The van der Waals surface area contributed by atoms with E-state index in [9.17, 15) is 18.0 Å². The molecule has 194 valence electrons. The van der Waals surface area contributed by atoms with E-state index in [1.807, 2.05) is 0 Å². The SMILES string of the molecule is N#Cc1cc(F)c(Nc2nc3cnc(N[C@H]4CCOC[C@H]4F)nc3n2[C@H]2CC[C@@H](C(N)=O)CC2)c(F)c1. The lowest BCUT2D eigenvalue weighted by Crippen LogP contribution is -2.39. The van der Waals surface area contributed by atoms with E-state index < -0.39 is 29.5 Å². The molecule has 13 heteroatoms. The number of nitrogens with two attached hydrogens (primary N) is 1. The van der Waals surface area contributed by atoms with Gasteiger partial charge >= 0.3 is 0 Å². The monoisotopic (exact) mass is 514 g/mol. The second kappa shape index (κ2) is 10.2. The standard InChI is InChI=1S/C24H25F3N8O2/c25-15-7-12(9-28)8-16(26)20(15)33-24-32-19-10-30-23(31-18-5-6-37-11-17(18)27)34-22(19)35(24)14-3-1-13(2-4-14)21(29)36/h7-8,10,13-14,17-18H,1-6,11H2,(H2,29,36)(H,32,33)(H,30,31,34)/t13-,14+,17-,18+/m1/s1. The topological polar surface area (TPSA) is 144 Å². The number of ether oxygens (including phenoxy) is 1. The van der Waals surface area contributed by atoms with E-state index in [2.05, 4.69) is 25.6 Å². The fourth-order valence-corrected chi connectivity index (χ4v) is 4.91. The first-order chi connectivity index (χ1) is 17.8. The normalized spacial score (nSPS) is 23.9. The summed E-state index contributed by atoms with van der Waals surface area (Å²) in [7, 11) is 0. The van der Waals surface area contributed by atoms with E-state index in [-0.39, 0.29) is 41.9 Å². The zero-order chi connectivity index (χ0) is 26.1. The van der Waals surface area contributed by atoms with Crippen LogP contribution >= 0.6 is 0 Å². The number of hydrogen-bond donors (Lipinski definition) is 3. The van der Waals surface area contributed by atoms with Gasteiger partial charge in [0.15, 0.2) is 17.3 Å². The van der Waals surface area contributed by atoms with E-state index in [0.29, 0.717) is 49.9 Å². The quantitative estimate of drug-likeness (QED) is 0.454. The summed E-state index contributed by atoms with van der Waals surface area (Å²) in [5.41, 5.74) is 5.62. The maximum absolute atomic E-state index is 14.7. The summed E-state index contributed by atoms with van der Waals surface area (Å²) < 4.78 is 50.6. The van der Waals surface area contributed by atoms with Crippen LogP contribution in [0.25, 0.3) is 11.2 Å². The van der Waals surface area contributed by atoms with Gasteiger partial charge in [-0.05, 0) is 44.2 Å². The van der Waals surface area contributed by atoms with Crippen LogP contribution < -0.4 is 16.4 Å². The molecule has 1 amide bonds. The molecule has 2 aromatic heterocycles. The van der Waals surface area contributed by atoms with Crippen LogP contribution in [-0.2, 0) is 9.53 Å². The van der Waals surface area contributed by atoms with Crippen molar-refractivity contribution in [3.8, 4) is 6.07 Å². The Balaban J connectivity index is 1.53.